The zero-order valence-corrected chi connectivity index (χ0v) is 18.0. The normalized spacial score (nSPS) is 22.0. The Kier molecular flexibility index (Phi) is 4.54. The fourth-order valence-electron chi connectivity index (χ4n) is 5.85. The third-order valence-corrected chi connectivity index (χ3v) is 7.27. The van der Waals surface area contributed by atoms with E-state index < -0.39 is 11.3 Å². The Labute approximate surface area is 187 Å². The topological polar surface area (TPSA) is 102 Å². The van der Waals surface area contributed by atoms with Gasteiger partial charge >= 0.3 is 0 Å². The monoisotopic (exact) mass is 417 g/mol. The van der Waals surface area contributed by atoms with E-state index in [0.717, 1.165) is 53.2 Å². The van der Waals surface area contributed by atoms with E-state index in [1.807, 2.05) is 18.2 Å². The summed E-state index contributed by atoms with van der Waals surface area (Å²) in [5.74, 6) is -0.503. The SMILES string of the molecule is CCn1c2ccccc2c2cc([C@@H]3[C@H]4CCCC=C4C(C#N)=C(N)C3(C#N)C#N)ccc21. The first kappa shape index (κ1) is 19.9. The van der Waals surface area contributed by atoms with Gasteiger partial charge in [-0.3, -0.25) is 0 Å². The van der Waals surface area contributed by atoms with E-state index in [-0.39, 0.29) is 11.6 Å². The number of allylic oxidation sites excluding steroid dienone is 4. The molecule has 156 valence electrons. The third kappa shape index (κ3) is 2.47. The van der Waals surface area contributed by atoms with Gasteiger partial charge in [0, 0.05) is 34.3 Å². The van der Waals surface area contributed by atoms with Crippen molar-refractivity contribution < 1.29 is 0 Å². The van der Waals surface area contributed by atoms with Crippen molar-refractivity contribution in [1.82, 2.24) is 4.57 Å². The summed E-state index contributed by atoms with van der Waals surface area (Å²) in [4.78, 5) is 0. The van der Waals surface area contributed by atoms with E-state index >= 15 is 0 Å². The predicted octanol–water partition coefficient (Wildman–Crippen LogP) is 5.41. The number of hydrogen-bond acceptors (Lipinski definition) is 4. The Bertz CT molecular complexity index is 1430. The standard InChI is InChI=1S/C27H23N5/c1-2-32-23-10-6-5-8-19(23)21-13-17(11-12-24(21)32)25-20-9-4-3-7-18(20)22(14-28)26(31)27(25,15-29)16-30/h5-8,10-13,20,25H,2-4,9,31H2,1H3/t20-,25+/m0/s1. The van der Waals surface area contributed by atoms with Crippen LogP contribution in [0.2, 0.25) is 0 Å². The highest BCUT2D eigenvalue weighted by molar-refractivity contribution is 6.08. The number of fused-ring (bicyclic) bond motifs is 4. The van der Waals surface area contributed by atoms with E-state index in [9.17, 15) is 15.8 Å². The molecule has 5 heteroatoms. The quantitative estimate of drug-likeness (QED) is 0.602. The van der Waals surface area contributed by atoms with E-state index in [2.05, 4.69) is 60.0 Å². The van der Waals surface area contributed by atoms with Crippen molar-refractivity contribution in [1.29, 1.82) is 15.8 Å². The zero-order valence-electron chi connectivity index (χ0n) is 18.0. The number of aryl methyl sites for hydroxylation is 1. The van der Waals surface area contributed by atoms with Gasteiger partial charge in [0.15, 0.2) is 5.41 Å². The van der Waals surface area contributed by atoms with Crippen LogP contribution in [0.25, 0.3) is 21.8 Å². The van der Waals surface area contributed by atoms with Crippen LogP contribution in [-0.4, -0.2) is 4.57 Å². The van der Waals surface area contributed by atoms with Crippen LogP contribution in [0, 0.1) is 45.3 Å². The molecule has 1 heterocycles. The van der Waals surface area contributed by atoms with E-state index in [4.69, 9.17) is 5.73 Å². The molecule has 5 nitrogen and oxygen atoms in total. The molecule has 0 fully saturated rings. The van der Waals surface area contributed by atoms with Crippen LogP contribution in [0.5, 0.6) is 0 Å². The first-order chi connectivity index (χ1) is 15.6. The average molecular weight is 418 g/mol. The smallest absolute Gasteiger partial charge is 0.191 e. The Morgan fingerprint density at radius 1 is 1.06 bits per heavy atom. The van der Waals surface area contributed by atoms with Gasteiger partial charge in [-0.1, -0.05) is 30.3 Å². The lowest BCUT2D eigenvalue weighted by atomic mass is 9.56. The van der Waals surface area contributed by atoms with Gasteiger partial charge in [-0.05, 0) is 61.4 Å². The summed E-state index contributed by atoms with van der Waals surface area (Å²) in [6.07, 6.45) is 4.75. The molecule has 0 saturated carbocycles. The highest BCUT2D eigenvalue weighted by Crippen LogP contribution is 2.56. The minimum Gasteiger partial charge on any atom is -0.399 e. The molecule has 2 aliphatic carbocycles. The van der Waals surface area contributed by atoms with Crippen LogP contribution < -0.4 is 5.73 Å². The van der Waals surface area contributed by atoms with Crippen LogP contribution in [0.15, 0.2) is 65.4 Å². The summed E-state index contributed by atoms with van der Waals surface area (Å²) in [6.45, 7) is 2.98. The minimum atomic E-state index is -1.57. The average Bonchev–Trinajstić information content (AvgIpc) is 3.16. The minimum absolute atomic E-state index is 0.0815. The van der Waals surface area contributed by atoms with Crippen molar-refractivity contribution in [3.05, 3.63) is 70.9 Å². The van der Waals surface area contributed by atoms with Gasteiger partial charge in [0.1, 0.15) is 6.07 Å². The zero-order chi connectivity index (χ0) is 22.5. The molecule has 1 aromatic heterocycles. The largest absolute Gasteiger partial charge is 0.399 e. The lowest BCUT2D eigenvalue weighted by Gasteiger charge is -2.43. The summed E-state index contributed by atoms with van der Waals surface area (Å²) in [7, 11) is 0. The third-order valence-electron chi connectivity index (χ3n) is 7.27. The Hall–Kier alpha value is -4.01. The molecule has 32 heavy (non-hydrogen) atoms. The highest BCUT2D eigenvalue weighted by Gasteiger charge is 2.53. The van der Waals surface area contributed by atoms with Gasteiger partial charge < -0.3 is 10.3 Å². The Morgan fingerprint density at radius 2 is 1.81 bits per heavy atom. The van der Waals surface area contributed by atoms with E-state index in [1.165, 1.54) is 5.52 Å². The first-order valence-corrected chi connectivity index (χ1v) is 11.0. The van der Waals surface area contributed by atoms with Crippen molar-refractivity contribution >= 4 is 21.8 Å². The fourth-order valence-corrected chi connectivity index (χ4v) is 5.85. The summed E-state index contributed by atoms with van der Waals surface area (Å²) < 4.78 is 2.28. The molecule has 3 aromatic rings. The lowest BCUT2D eigenvalue weighted by Crippen LogP contribution is -2.42. The number of benzene rings is 2. The molecule has 0 unspecified atom stereocenters. The number of nitriles is 3. The molecule has 2 N–H and O–H groups in total. The van der Waals surface area contributed by atoms with Gasteiger partial charge in [-0.15, -0.1) is 0 Å². The maximum Gasteiger partial charge on any atom is 0.191 e. The Morgan fingerprint density at radius 3 is 2.53 bits per heavy atom. The van der Waals surface area contributed by atoms with Gasteiger partial charge in [0.25, 0.3) is 0 Å². The Balaban J connectivity index is 1.82. The molecule has 0 aliphatic heterocycles. The molecule has 0 bridgehead atoms. The number of aromatic nitrogens is 1. The molecule has 0 radical (unpaired) electrons. The molecule has 2 aliphatic rings. The second-order valence-corrected chi connectivity index (χ2v) is 8.64. The molecule has 2 aromatic carbocycles. The van der Waals surface area contributed by atoms with Crippen LogP contribution in [0.1, 0.15) is 37.7 Å². The van der Waals surface area contributed by atoms with Crippen molar-refractivity contribution in [2.45, 2.75) is 38.6 Å². The first-order valence-electron chi connectivity index (χ1n) is 11.0. The second-order valence-electron chi connectivity index (χ2n) is 8.64. The van der Waals surface area contributed by atoms with Crippen molar-refractivity contribution in [2.75, 3.05) is 0 Å². The van der Waals surface area contributed by atoms with Gasteiger partial charge in [0.2, 0.25) is 0 Å². The second kappa shape index (κ2) is 7.30. The highest BCUT2D eigenvalue weighted by atomic mass is 15.0. The summed E-state index contributed by atoms with van der Waals surface area (Å²) in [5, 5.41) is 32.6. The van der Waals surface area contributed by atoms with E-state index in [0.29, 0.717) is 5.57 Å². The number of nitrogens with zero attached hydrogens (tertiary/aromatic N) is 4. The van der Waals surface area contributed by atoms with Gasteiger partial charge in [-0.2, -0.15) is 15.8 Å². The van der Waals surface area contributed by atoms with Crippen LogP contribution in [0.4, 0.5) is 0 Å². The molecule has 0 spiro atoms. The van der Waals surface area contributed by atoms with Crippen LogP contribution >= 0.6 is 0 Å². The van der Waals surface area contributed by atoms with Crippen molar-refractivity contribution in [3.63, 3.8) is 0 Å². The van der Waals surface area contributed by atoms with Gasteiger partial charge in [0.05, 0.1) is 23.4 Å². The molecule has 0 amide bonds. The maximum absolute atomic E-state index is 10.3. The summed E-state index contributed by atoms with van der Waals surface area (Å²) >= 11 is 0. The van der Waals surface area contributed by atoms with E-state index in [1.54, 1.807) is 0 Å². The number of nitrogens with two attached hydrogens (primary N) is 1. The maximum atomic E-state index is 10.3. The summed E-state index contributed by atoms with van der Waals surface area (Å²) in [6, 6.07) is 21.2. The van der Waals surface area contributed by atoms with Crippen LogP contribution in [0.3, 0.4) is 0 Å². The lowest BCUT2D eigenvalue weighted by molar-refractivity contribution is 0.318. The number of hydrogen-bond donors (Lipinski definition) is 1. The van der Waals surface area contributed by atoms with Crippen molar-refractivity contribution in [2.24, 2.45) is 17.1 Å². The predicted molar refractivity (Wildman–Crippen MR) is 124 cm³/mol. The number of rotatable bonds is 2. The molecular weight excluding hydrogens is 394 g/mol. The number of para-hydroxylation sites is 1. The molecule has 0 saturated heterocycles. The molecule has 5 rings (SSSR count). The van der Waals surface area contributed by atoms with Crippen LogP contribution in [-0.2, 0) is 6.54 Å². The molecule has 2 atom stereocenters. The summed E-state index contributed by atoms with van der Waals surface area (Å²) in [5.41, 5.74) is 9.39. The van der Waals surface area contributed by atoms with Crippen molar-refractivity contribution in [3.8, 4) is 18.2 Å². The fraction of sp³-hybridized carbons (Fsp3) is 0.296. The molecular formula is C27H23N5. The van der Waals surface area contributed by atoms with Gasteiger partial charge in [-0.25, -0.2) is 0 Å².